The first-order chi connectivity index (χ1) is 21.6. The predicted octanol–water partition coefficient (Wildman–Crippen LogP) is 13.6. The molecule has 4 bridgehead atoms. The molecule has 1 saturated heterocycles. The van der Waals surface area contributed by atoms with Crippen LogP contribution in [0.3, 0.4) is 0 Å². The average Bonchev–Trinajstić information content (AvgIpc) is 3.03. The summed E-state index contributed by atoms with van der Waals surface area (Å²) >= 11 is 1.76. The van der Waals surface area contributed by atoms with Crippen LogP contribution in [0, 0.1) is 40.4 Å². The topological polar surface area (TPSA) is 82.1 Å². The summed E-state index contributed by atoms with van der Waals surface area (Å²) in [7, 11) is 0. The van der Waals surface area contributed by atoms with E-state index < -0.39 is 5.41 Å². The van der Waals surface area contributed by atoms with Crippen molar-refractivity contribution in [3.05, 3.63) is 29.8 Å². The lowest BCUT2D eigenvalue weighted by molar-refractivity contribution is -0.231. The summed E-state index contributed by atoms with van der Waals surface area (Å²) < 4.78 is 17.0. The van der Waals surface area contributed by atoms with Crippen LogP contribution in [-0.4, -0.2) is 47.0 Å². The highest BCUT2D eigenvalue weighted by Gasteiger charge is 2.61. The Kier molecular flexibility index (Phi) is 27.0. The molecule has 2 unspecified atom stereocenters. The van der Waals surface area contributed by atoms with Gasteiger partial charge in [-0.15, -0.1) is 0 Å². The van der Waals surface area contributed by atoms with E-state index in [2.05, 4.69) is 34.6 Å². The molecule has 4 saturated carbocycles. The molecule has 2 atom stereocenters. The van der Waals surface area contributed by atoms with Crippen LogP contribution in [0.2, 0.25) is 0 Å². The Morgan fingerprint density at radius 2 is 1.27 bits per heavy atom. The first kappa shape index (κ1) is 57.0. The van der Waals surface area contributed by atoms with E-state index >= 15 is 0 Å². The average molecular weight is 757 g/mol. The molecule has 1 heterocycles. The summed E-state index contributed by atoms with van der Waals surface area (Å²) in [6.45, 7) is 21.5. The summed E-state index contributed by atoms with van der Waals surface area (Å²) in [5.41, 5.74) is 0.379. The third-order valence-electron chi connectivity index (χ3n) is 11.6. The number of hydrogen-bond donors (Lipinski definition) is 1. The number of benzene rings is 1. The number of carbonyl (C=O) groups is 2. The second kappa shape index (κ2) is 24.6. The van der Waals surface area contributed by atoms with E-state index in [1.807, 2.05) is 46.8 Å². The maximum atomic E-state index is 12.8. The highest BCUT2D eigenvalue weighted by atomic mass is 32.2. The van der Waals surface area contributed by atoms with Crippen LogP contribution in [0.4, 0.5) is 0 Å². The quantitative estimate of drug-likeness (QED) is 0.251. The number of hydrogen-bond acceptors (Lipinski definition) is 7. The molecule has 0 radical (unpaired) electrons. The van der Waals surface area contributed by atoms with Gasteiger partial charge in [-0.05, 0) is 132 Å². The number of phenols is 1. The van der Waals surface area contributed by atoms with Gasteiger partial charge in [-0.2, -0.15) is 11.8 Å². The van der Waals surface area contributed by atoms with Crippen LogP contribution in [-0.2, 0) is 23.8 Å². The molecule has 0 spiro atoms. The van der Waals surface area contributed by atoms with E-state index in [9.17, 15) is 9.59 Å². The summed E-state index contributed by atoms with van der Waals surface area (Å²) in [5.74, 6) is 6.05. The lowest BCUT2D eigenvalue weighted by Crippen LogP contribution is -2.63. The Balaban J connectivity index is -0.000000331. The van der Waals surface area contributed by atoms with Crippen LogP contribution in [0.25, 0.3) is 0 Å². The standard InChI is InChI=1S/C19H32O2.C10H18O3S.C10H14O.6CH4/c1-6-18(4,5)17(20)21-19(12(2)3)15-8-13-7-14(10-15)11-16(19)9-13;1-4-10(2,3)9(11)13-8-7-14-6-5-12-8;1-3-8(2)9-4-6-10(11)7-5-9;;;;;;/h12-16H,6-11H2,1-5H3;8H,4-7H2,1-3H3;4-8,11H,3H2,1-2H3;6*1H4. The van der Waals surface area contributed by atoms with E-state index in [1.54, 1.807) is 23.9 Å². The van der Waals surface area contributed by atoms with Gasteiger partial charge in [-0.25, -0.2) is 0 Å². The van der Waals surface area contributed by atoms with Crippen LogP contribution in [0.1, 0.15) is 177 Å². The Labute approximate surface area is 328 Å². The van der Waals surface area contributed by atoms with E-state index in [0.29, 0.717) is 36.0 Å². The van der Waals surface area contributed by atoms with Crippen LogP contribution in [0.5, 0.6) is 5.75 Å². The van der Waals surface area contributed by atoms with Crippen LogP contribution < -0.4 is 0 Å². The first-order valence-corrected chi connectivity index (χ1v) is 19.2. The molecule has 1 aliphatic heterocycles. The summed E-state index contributed by atoms with van der Waals surface area (Å²) in [4.78, 5) is 24.4. The van der Waals surface area contributed by atoms with Gasteiger partial charge in [0, 0.05) is 5.75 Å². The number of carbonyl (C=O) groups excluding carboxylic acids is 2. The van der Waals surface area contributed by atoms with Gasteiger partial charge >= 0.3 is 11.9 Å². The third kappa shape index (κ3) is 14.2. The predicted molar refractivity (Wildman–Crippen MR) is 229 cm³/mol. The molecule has 0 amide bonds. The molecule has 5 fully saturated rings. The molecule has 4 aliphatic carbocycles. The zero-order valence-electron chi connectivity index (χ0n) is 30.5. The van der Waals surface area contributed by atoms with Crippen molar-refractivity contribution in [2.24, 2.45) is 40.4 Å². The summed E-state index contributed by atoms with van der Waals surface area (Å²) in [6.07, 6.45) is 9.06. The fourth-order valence-corrected chi connectivity index (χ4v) is 8.32. The van der Waals surface area contributed by atoms with Crippen LogP contribution in [0.15, 0.2) is 24.3 Å². The number of esters is 2. The number of thioether (sulfide) groups is 1. The number of ether oxygens (including phenoxy) is 3. The minimum Gasteiger partial charge on any atom is -0.508 e. The normalized spacial score (nSPS) is 25.8. The molecule has 1 aromatic rings. The maximum Gasteiger partial charge on any atom is 0.313 e. The van der Waals surface area contributed by atoms with Gasteiger partial charge < -0.3 is 19.3 Å². The largest absolute Gasteiger partial charge is 0.508 e. The van der Waals surface area contributed by atoms with Gasteiger partial charge in [0.1, 0.15) is 11.4 Å². The fraction of sp³-hybridized carbons (Fsp3) is 0.822. The van der Waals surface area contributed by atoms with Crippen molar-refractivity contribution in [2.75, 3.05) is 18.1 Å². The molecule has 1 aromatic carbocycles. The van der Waals surface area contributed by atoms with E-state index in [1.165, 1.54) is 37.7 Å². The molecular formula is C45H88O6S. The molecule has 0 aromatic heterocycles. The molecule has 7 heteroatoms. The Morgan fingerprint density at radius 3 is 1.65 bits per heavy atom. The minimum absolute atomic E-state index is 0. The lowest BCUT2D eigenvalue weighted by atomic mass is 9.47. The van der Waals surface area contributed by atoms with Crippen molar-refractivity contribution in [3.8, 4) is 5.75 Å². The van der Waals surface area contributed by atoms with Gasteiger partial charge in [0.25, 0.3) is 0 Å². The molecule has 52 heavy (non-hydrogen) atoms. The van der Waals surface area contributed by atoms with E-state index in [0.717, 1.165) is 42.6 Å². The second-order valence-corrected chi connectivity index (χ2v) is 17.0. The van der Waals surface area contributed by atoms with Gasteiger partial charge in [-0.1, -0.05) is 98.2 Å². The number of phenolic OH excluding ortho intramolecular Hbond substituents is 1. The fourth-order valence-electron chi connectivity index (χ4n) is 7.59. The van der Waals surface area contributed by atoms with Crippen molar-refractivity contribution in [3.63, 3.8) is 0 Å². The summed E-state index contributed by atoms with van der Waals surface area (Å²) in [6, 6.07) is 7.43. The third-order valence-corrected chi connectivity index (χ3v) is 12.5. The van der Waals surface area contributed by atoms with Crippen molar-refractivity contribution < 1.29 is 28.9 Å². The molecule has 6 nitrogen and oxygen atoms in total. The number of rotatable bonds is 9. The van der Waals surface area contributed by atoms with E-state index in [-0.39, 0.29) is 73.8 Å². The van der Waals surface area contributed by atoms with Gasteiger partial charge in [0.15, 0.2) is 0 Å². The second-order valence-electron chi connectivity index (χ2n) is 15.9. The molecule has 6 rings (SSSR count). The van der Waals surface area contributed by atoms with Gasteiger partial charge in [-0.3, -0.25) is 9.59 Å². The Bertz CT molecular complexity index is 1080. The zero-order chi connectivity index (χ0) is 34.3. The minimum atomic E-state index is -0.397. The molecule has 5 aliphatic rings. The van der Waals surface area contributed by atoms with Crippen molar-refractivity contribution >= 4 is 23.7 Å². The maximum absolute atomic E-state index is 12.8. The number of aromatic hydroxyl groups is 1. The smallest absolute Gasteiger partial charge is 0.313 e. The monoisotopic (exact) mass is 757 g/mol. The molecular weight excluding hydrogens is 669 g/mol. The SMILES string of the molecule is C.C.C.C.C.C.CCC(C)(C)C(=O)OC1(C(C)C)C2CC3CC(C2)CC1C3.CCC(C)(C)C(=O)OC1CSCCO1.CCC(C)c1ccc(O)cc1. The van der Waals surface area contributed by atoms with Gasteiger partial charge in [0.05, 0.1) is 23.2 Å². The lowest BCUT2D eigenvalue weighted by Gasteiger charge is -2.62. The van der Waals surface area contributed by atoms with Crippen LogP contribution >= 0.6 is 11.8 Å². The molecule has 1 N–H and O–H groups in total. The van der Waals surface area contributed by atoms with Gasteiger partial charge in [0.2, 0.25) is 6.29 Å². The summed E-state index contributed by atoms with van der Waals surface area (Å²) in [5, 5.41) is 9.01. The Hall–Kier alpha value is -1.73. The Morgan fingerprint density at radius 1 is 0.808 bits per heavy atom. The van der Waals surface area contributed by atoms with Crippen molar-refractivity contribution in [1.29, 1.82) is 0 Å². The van der Waals surface area contributed by atoms with E-state index in [4.69, 9.17) is 19.3 Å². The highest BCUT2D eigenvalue weighted by Crippen LogP contribution is 2.62. The highest BCUT2D eigenvalue weighted by molar-refractivity contribution is 7.99. The first-order valence-electron chi connectivity index (χ1n) is 18.0. The zero-order valence-corrected chi connectivity index (χ0v) is 31.3. The molecule has 310 valence electrons. The van der Waals surface area contributed by atoms with Crippen molar-refractivity contribution in [1.82, 2.24) is 0 Å². The van der Waals surface area contributed by atoms with Crippen molar-refractivity contribution in [2.45, 2.75) is 183 Å².